The monoisotopic (exact) mass is 451 g/mol. The molecule has 10 heteroatoms. The molecule has 4 heterocycles. The summed E-state index contributed by atoms with van der Waals surface area (Å²) in [4.78, 5) is 23.7. The number of piperidine rings is 2. The number of anilines is 3. The van der Waals surface area contributed by atoms with Gasteiger partial charge in [0.2, 0.25) is 0 Å². The second kappa shape index (κ2) is 9.40. The van der Waals surface area contributed by atoms with E-state index >= 15 is 0 Å². The van der Waals surface area contributed by atoms with Crippen molar-refractivity contribution in [2.45, 2.75) is 38.3 Å². The molecule has 174 valence electrons. The van der Waals surface area contributed by atoms with Gasteiger partial charge in [-0.25, -0.2) is 4.98 Å². The molecule has 0 unspecified atom stereocenters. The highest BCUT2D eigenvalue weighted by Crippen LogP contribution is 2.36. The number of carbonyl (C=O) groups excluding carboxylic acids is 1. The Morgan fingerprint density at radius 2 is 1.84 bits per heavy atom. The summed E-state index contributed by atoms with van der Waals surface area (Å²) in [6.45, 7) is 3.07. The van der Waals surface area contributed by atoms with Crippen molar-refractivity contribution in [2.24, 2.45) is 5.92 Å². The van der Waals surface area contributed by atoms with Gasteiger partial charge in [0.05, 0.1) is 17.4 Å². The van der Waals surface area contributed by atoms with Crippen LogP contribution in [0.15, 0.2) is 24.4 Å². The molecule has 4 rings (SSSR count). The number of H-pyrrole nitrogens is 1. The molecule has 0 spiro atoms. The van der Waals surface area contributed by atoms with Crippen LogP contribution in [-0.4, -0.2) is 53.8 Å². The third-order valence-electron chi connectivity index (χ3n) is 6.24. The summed E-state index contributed by atoms with van der Waals surface area (Å²) in [6, 6.07) is 4.41. The number of aromatic amines is 1. The SMILES string of the molecule is O=C(Nc1ccc(N2CCC(CO)CC2)nc1)c1[nH]c(N2CCCCC2)cc1C(F)(F)F. The lowest BCUT2D eigenvalue weighted by atomic mass is 9.98. The van der Waals surface area contributed by atoms with Gasteiger partial charge in [0.25, 0.3) is 5.91 Å². The molecule has 0 bridgehead atoms. The molecule has 2 aromatic rings. The zero-order valence-corrected chi connectivity index (χ0v) is 17.8. The zero-order chi connectivity index (χ0) is 22.7. The number of pyridine rings is 1. The fourth-order valence-electron chi connectivity index (χ4n) is 4.33. The standard InChI is InChI=1S/C22H28F3N5O2/c23-22(24,25)17-12-19(29-8-2-1-3-9-29)28-20(17)21(32)27-16-4-5-18(26-13-16)30-10-6-15(14-31)7-11-30/h4-5,12-13,15,28,31H,1-3,6-11,14H2,(H,27,32). The van der Waals surface area contributed by atoms with Gasteiger partial charge in [-0.15, -0.1) is 0 Å². The number of rotatable bonds is 5. The largest absolute Gasteiger partial charge is 0.418 e. The average Bonchev–Trinajstić information content (AvgIpc) is 3.27. The molecule has 0 aromatic carbocycles. The molecule has 1 amide bonds. The summed E-state index contributed by atoms with van der Waals surface area (Å²) in [5.74, 6) is 0.520. The van der Waals surface area contributed by atoms with Crippen LogP contribution in [0.1, 0.15) is 48.2 Å². The molecular formula is C22H28F3N5O2. The van der Waals surface area contributed by atoms with Crippen molar-refractivity contribution in [3.8, 4) is 0 Å². The van der Waals surface area contributed by atoms with E-state index in [1.54, 1.807) is 12.1 Å². The van der Waals surface area contributed by atoms with Crippen LogP contribution >= 0.6 is 0 Å². The van der Waals surface area contributed by atoms with E-state index in [1.807, 2.05) is 4.90 Å². The summed E-state index contributed by atoms with van der Waals surface area (Å²) in [6.07, 6.45) is 1.45. The number of nitrogens with zero attached hydrogens (tertiary/aromatic N) is 3. The highest BCUT2D eigenvalue weighted by molar-refractivity contribution is 6.04. The Kier molecular flexibility index (Phi) is 6.59. The van der Waals surface area contributed by atoms with Gasteiger partial charge in [0.15, 0.2) is 0 Å². The van der Waals surface area contributed by atoms with E-state index in [1.165, 1.54) is 6.20 Å². The predicted molar refractivity (Wildman–Crippen MR) is 116 cm³/mol. The van der Waals surface area contributed by atoms with Crippen molar-refractivity contribution in [1.82, 2.24) is 9.97 Å². The summed E-state index contributed by atoms with van der Waals surface area (Å²) < 4.78 is 40.8. The second-order valence-corrected chi connectivity index (χ2v) is 8.46. The lowest BCUT2D eigenvalue weighted by Gasteiger charge is -2.32. The fraction of sp³-hybridized carbons (Fsp3) is 0.545. The van der Waals surface area contributed by atoms with Crippen molar-refractivity contribution >= 4 is 23.2 Å². The van der Waals surface area contributed by atoms with Crippen molar-refractivity contribution in [1.29, 1.82) is 0 Å². The van der Waals surface area contributed by atoms with Crippen LogP contribution in [0.3, 0.4) is 0 Å². The maximum absolute atomic E-state index is 13.6. The van der Waals surface area contributed by atoms with E-state index in [-0.39, 0.29) is 6.61 Å². The molecule has 2 aliphatic heterocycles. The normalized spacial score (nSPS) is 18.1. The van der Waals surface area contributed by atoms with Crippen LogP contribution in [0.4, 0.5) is 30.5 Å². The first-order chi connectivity index (χ1) is 15.3. The third-order valence-corrected chi connectivity index (χ3v) is 6.24. The van der Waals surface area contributed by atoms with Crippen LogP contribution in [0, 0.1) is 5.92 Å². The summed E-state index contributed by atoms with van der Waals surface area (Å²) in [7, 11) is 0. The number of halogens is 3. The molecule has 0 aliphatic carbocycles. The molecule has 2 fully saturated rings. The molecule has 32 heavy (non-hydrogen) atoms. The Morgan fingerprint density at radius 1 is 1.12 bits per heavy atom. The van der Waals surface area contributed by atoms with Crippen LogP contribution in [0.5, 0.6) is 0 Å². The van der Waals surface area contributed by atoms with E-state index < -0.39 is 23.3 Å². The molecule has 7 nitrogen and oxygen atoms in total. The number of aromatic nitrogens is 2. The second-order valence-electron chi connectivity index (χ2n) is 8.46. The van der Waals surface area contributed by atoms with Gasteiger partial charge in [-0.2, -0.15) is 13.2 Å². The Labute approximate surface area is 184 Å². The smallest absolute Gasteiger partial charge is 0.396 e. The first kappa shape index (κ1) is 22.4. The Balaban J connectivity index is 1.46. The van der Waals surface area contributed by atoms with E-state index in [0.29, 0.717) is 30.5 Å². The number of hydrogen-bond donors (Lipinski definition) is 3. The van der Waals surface area contributed by atoms with Crippen LogP contribution < -0.4 is 15.1 Å². The quantitative estimate of drug-likeness (QED) is 0.643. The van der Waals surface area contributed by atoms with Gasteiger partial charge in [-0.1, -0.05) is 0 Å². The number of amides is 1. The Morgan fingerprint density at radius 3 is 2.44 bits per heavy atom. The van der Waals surface area contributed by atoms with Gasteiger partial charge < -0.3 is 25.2 Å². The minimum atomic E-state index is -4.64. The molecule has 2 aromatic heterocycles. The van der Waals surface area contributed by atoms with Crippen molar-refractivity contribution in [3.63, 3.8) is 0 Å². The number of carbonyl (C=O) groups is 1. The summed E-state index contributed by atoms with van der Waals surface area (Å²) in [5.41, 5.74) is -1.13. The van der Waals surface area contributed by atoms with E-state index in [4.69, 9.17) is 0 Å². The Hall–Kier alpha value is -2.75. The van der Waals surface area contributed by atoms with E-state index in [0.717, 1.165) is 57.1 Å². The maximum Gasteiger partial charge on any atom is 0.418 e. The molecule has 2 aliphatic rings. The Bertz CT molecular complexity index is 915. The maximum atomic E-state index is 13.6. The van der Waals surface area contributed by atoms with Crippen molar-refractivity contribution in [2.75, 3.05) is 47.9 Å². The number of alkyl halides is 3. The third kappa shape index (κ3) is 5.01. The number of aliphatic hydroxyl groups is 1. The van der Waals surface area contributed by atoms with Crippen molar-refractivity contribution < 1.29 is 23.1 Å². The van der Waals surface area contributed by atoms with E-state index in [9.17, 15) is 23.1 Å². The van der Waals surface area contributed by atoms with Gasteiger partial charge in [0, 0.05) is 32.8 Å². The van der Waals surface area contributed by atoms with Crippen LogP contribution in [0.2, 0.25) is 0 Å². The van der Waals surface area contributed by atoms with Gasteiger partial charge >= 0.3 is 6.18 Å². The number of hydrogen-bond acceptors (Lipinski definition) is 5. The number of nitrogens with one attached hydrogen (secondary N) is 2. The lowest BCUT2D eigenvalue weighted by Crippen LogP contribution is -2.35. The first-order valence-electron chi connectivity index (χ1n) is 11.0. The van der Waals surface area contributed by atoms with Gasteiger partial charge in [-0.05, 0) is 56.2 Å². The minimum absolute atomic E-state index is 0.185. The molecule has 0 atom stereocenters. The lowest BCUT2D eigenvalue weighted by molar-refractivity contribution is -0.137. The first-order valence-corrected chi connectivity index (χ1v) is 11.0. The van der Waals surface area contributed by atoms with Crippen LogP contribution in [-0.2, 0) is 6.18 Å². The van der Waals surface area contributed by atoms with Gasteiger partial charge in [0.1, 0.15) is 17.3 Å². The average molecular weight is 451 g/mol. The molecule has 3 N–H and O–H groups in total. The molecule has 0 radical (unpaired) electrons. The highest BCUT2D eigenvalue weighted by Gasteiger charge is 2.38. The van der Waals surface area contributed by atoms with Crippen molar-refractivity contribution in [3.05, 3.63) is 35.7 Å². The van der Waals surface area contributed by atoms with Gasteiger partial charge in [-0.3, -0.25) is 4.79 Å². The summed E-state index contributed by atoms with van der Waals surface area (Å²) >= 11 is 0. The highest BCUT2D eigenvalue weighted by atomic mass is 19.4. The van der Waals surface area contributed by atoms with E-state index in [2.05, 4.69) is 20.2 Å². The zero-order valence-electron chi connectivity index (χ0n) is 17.8. The summed E-state index contributed by atoms with van der Waals surface area (Å²) in [5, 5.41) is 11.8. The fourth-order valence-corrected chi connectivity index (χ4v) is 4.33. The molecular weight excluding hydrogens is 423 g/mol. The minimum Gasteiger partial charge on any atom is -0.396 e. The molecule has 0 saturated carbocycles. The predicted octanol–water partition coefficient (Wildman–Crippen LogP) is 3.88. The van der Waals surface area contributed by atoms with Crippen LogP contribution in [0.25, 0.3) is 0 Å². The molecule has 2 saturated heterocycles. The topological polar surface area (TPSA) is 84.5 Å². The number of aliphatic hydroxyl groups excluding tert-OH is 1.